The first-order valence-corrected chi connectivity index (χ1v) is 13.4. The first-order chi connectivity index (χ1) is 16.4. The largest absolute Gasteiger partial charge is 0.379 e. The van der Waals surface area contributed by atoms with Crippen LogP contribution >= 0.6 is 0 Å². The van der Waals surface area contributed by atoms with Crippen molar-refractivity contribution in [2.24, 2.45) is 17.8 Å². The van der Waals surface area contributed by atoms with Crippen molar-refractivity contribution in [2.45, 2.75) is 97.6 Å². The van der Waals surface area contributed by atoms with E-state index in [0.717, 1.165) is 25.8 Å². The van der Waals surface area contributed by atoms with Crippen molar-refractivity contribution in [3.8, 4) is 0 Å². The lowest BCUT2D eigenvalue weighted by atomic mass is 9.90. The number of carbonyl (C=O) groups is 2. The predicted octanol–water partition coefficient (Wildman–Crippen LogP) is 3.06. The maximum atomic E-state index is 13.5. The molecule has 1 aliphatic rings. The third-order valence-electron chi connectivity index (χ3n) is 7.68. The molecule has 0 saturated carbocycles. The summed E-state index contributed by atoms with van der Waals surface area (Å²) in [4.78, 5) is 32.5. The molecular weight excluding hydrogens is 444 g/mol. The monoisotopic (exact) mass is 498 g/mol. The Bertz CT molecular complexity index is 635. The number of nitrogens with one attached hydrogen (secondary N) is 1. The topological polar surface area (TPSA) is 74.4 Å². The van der Waals surface area contributed by atoms with Crippen LogP contribution in [-0.4, -0.2) is 105 Å². The van der Waals surface area contributed by atoms with Crippen LogP contribution < -0.4 is 5.32 Å². The summed E-state index contributed by atoms with van der Waals surface area (Å²) in [5, 5.41) is 3.11. The molecule has 1 heterocycles. The van der Waals surface area contributed by atoms with Crippen molar-refractivity contribution < 1.29 is 19.1 Å². The van der Waals surface area contributed by atoms with Crippen molar-refractivity contribution in [1.29, 1.82) is 0 Å². The fourth-order valence-electron chi connectivity index (χ4n) is 5.82. The number of likely N-dealkylation sites (N-methyl/N-ethyl adjacent to an activating group) is 2. The van der Waals surface area contributed by atoms with E-state index < -0.39 is 0 Å². The molecule has 1 fully saturated rings. The van der Waals surface area contributed by atoms with Crippen LogP contribution in [0, 0.1) is 17.8 Å². The SMILES string of the molecule is CCC(C)C(C(CC(=O)N1CCCC1C(OC)C(C)C)OC)N(C)CNC(=O)C(C(C)C)N(C)C. The Balaban J connectivity index is 2.96. The number of likely N-dealkylation sites (tertiary alicyclic amines) is 1. The molecule has 8 nitrogen and oxygen atoms in total. The number of rotatable bonds is 15. The smallest absolute Gasteiger partial charge is 0.238 e. The van der Waals surface area contributed by atoms with Gasteiger partial charge in [-0.3, -0.25) is 19.4 Å². The average Bonchev–Trinajstić information content (AvgIpc) is 3.26. The lowest BCUT2D eigenvalue weighted by molar-refractivity contribution is -0.140. The maximum absolute atomic E-state index is 13.5. The van der Waals surface area contributed by atoms with Crippen LogP contribution in [0.3, 0.4) is 0 Å². The van der Waals surface area contributed by atoms with Gasteiger partial charge in [0.1, 0.15) is 0 Å². The average molecular weight is 499 g/mol. The van der Waals surface area contributed by atoms with Gasteiger partial charge in [-0.2, -0.15) is 0 Å². The Morgan fingerprint density at radius 3 is 2.11 bits per heavy atom. The third-order valence-corrected chi connectivity index (χ3v) is 7.68. The number of ether oxygens (including phenoxy) is 2. The fraction of sp³-hybridized carbons (Fsp3) is 0.926. The summed E-state index contributed by atoms with van der Waals surface area (Å²) in [6.45, 7) is 13.9. The zero-order valence-corrected chi connectivity index (χ0v) is 24.3. The summed E-state index contributed by atoms with van der Waals surface area (Å²) >= 11 is 0. The first-order valence-electron chi connectivity index (χ1n) is 13.4. The Morgan fingerprint density at radius 1 is 1.03 bits per heavy atom. The predicted molar refractivity (Wildman–Crippen MR) is 142 cm³/mol. The van der Waals surface area contributed by atoms with E-state index in [1.807, 2.05) is 30.9 Å². The van der Waals surface area contributed by atoms with E-state index >= 15 is 0 Å². The minimum atomic E-state index is -0.268. The Morgan fingerprint density at radius 2 is 1.66 bits per heavy atom. The third kappa shape index (κ3) is 8.69. The Labute approximate surface area is 215 Å². The molecule has 0 aromatic rings. The zero-order valence-electron chi connectivity index (χ0n) is 24.3. The summed E-state index contributed by atoms with van der Waals surface area (Å²) in [7, 11) is 9.30. The number of methoxy groups -OCH3 is 2. The highest BCUT2D eigenvalue weighted by Gasteiger charge is 2.39. The summed E-state index contributed by atoms with van der Waals surface area (Å²) < 4.78 is 11.7. The molecule has 0 aliphatic carbocycles. The number of nitrogens with zero attached hydrogens (tertiary/aromatic N) is 3. The van der Waals surface area contributed by atoms with Gasteiger partial charge in [0.05, 0.1) is 37.4 Å². The van der Waals surface area contributed by atoms with E-state index in [-0.39, 0.29) is 48.1 Å². The van der Waals surface area contributed by atoms with Gasteiger partial charge in [0.2, 0.25) is 11.8 Å². The van der Waals surface area contributed by atoms with Gasteiger partial charge in [0, 0.05) is 26.8 Å². The van der Waals surface area contributed by atoms with Crippen molar-refractivity contribution in [3.05, 3.63) is 0 Å². The van der Waals surface area contributed by atoms with Crippen molar-refractivity contribution >= 4 is 11.8 Å². The first kappa shape index (κ1) is 31.8. The van der Waals surface area contributed by atoms with Gasteiger partial charge in [0.25, 0.3) is 0 Å². The van der Waals surface area contributed by atoms with Gasteiger partial charge in [-0.25, -0.2) is 0 Å². The van der Waals surface area contributed by atoms with E-state index in [4.69, 9.17) is 9.47 Å². The molecule has 1 aliphatic heterocycles. The molecule has 6 atom stereocenters. The van der Waals surface area contributed by atoms with Gasteiger partial charge in [0.15, 0.2) is 0 Å². The zero-order chi connectivity index (χ0) is 26.9. The molecule has 0 aromatic carbocycles. The molecule has 0 radical (unpaired) electrons. The number of carbonyl (C=O) groups excluding carboxylic acids is 2. The second kappa shape index (κ2) is 15.1. The van der Waals surface area contributed by atoms with E-state index in [1.54, 1.807) is 14.2 Å². The molecule has 8 heteroatoms. The highest BCUT2D eigenvalue weighted by Crippen LogP contribution is 2.28. The number of hydrogen-bond donors (Lipinski definition) is 1. The van der Waals surface area contributed by atoms with Gasteiger partial charge in [-0.1, -0.05) is 48.0 Å². The molecule has 6 unspecified atom stereocenters. The summed E-state index contributed by atoms with van der Waals surface area (Å²) in [6.07, 6.45) is 3.02. The van der Waals surface area contributed by atoms with Crippen LogP contribution in [0.1, 0.15) is 67.2 Å². The molecule has 206 valence electrons. The van der Waals surface area contributed by atoms with Gasteiger partial charge < -0.3 is 19.7 Å². The molecule has 1 rings (SSSR count). The quantitative estimate of drug-likeness (QED) is 0.350. The molecule has 35 heavy (non-hydrogen) atoms. The van der Waals surface area contributed by atoms with E-state index in [9.17, 15) is 9.59 Å². The molecule has 0 bridgehead atoms. The van der Waals surface area contributed by atoms with Crippen LogP contribution in [0.4, 0.5) is 0 Å². The minimum absolute atomic E-state index is 0.00419. The highest BCUT2D eigenvalue weighted by molar-refractivity contribution is 5.81. The van der Waals surface area contributed by atoms with E-state index in [1.165, 1.54) is 0 Å². The normalized spacial score (nSPS) is 21.0. The Hall–Kier alpha value is -1.22. The van der Waals surface area contributed by atoms with Crippen LogP contribution in [0.25, 0.3) is 0 Å². The van der Waals surface area contributed by atoms with Crippen LogP contribution in [-0.2, 0) is 19.1 Å². The molecule has 2 amide bonds. The Kier molecular flexibility index (Phi) is 13.7. The van der Waals surface area contributed by atoms with Crippen molar-refractivity contribution in [3.63, 3.8) is 0 Å². The van der Waals surface area contributed by atoms with Gasteiger partial charge >= 0.3 is 0 Å². The van der Waals surface area contributed by atoms with Crippen molar-refractivity contribution in [2.75, 3.05) is 48.6 Å². The van der Waals surface area contributed by atoms with Crippen LogP contribution in [0.2, 0.25) is 0 Å². The van der Waals surface area contributed by atoms with Gasteiger partial charge in [-0.05, 0) is 51.7 Å². The highest BCUT2D eigenvalue weighted by atomic mass is 16.5. The molecule has 1 saturated heterocycles. The van der Waals surface area contributed by atoms with E-state index in [0.29, 0.717) is 24.9 Å². The molecule has 0 spiro atoms. The lowest BCUT2D eigenvalue weighted by Gasteiger charge is -2.39. The second-order valence-electron chi connectivity index (χ2n) is 11.2. The summed E-state index contributed by atoms with van der Waals surface area (Å²) in [5.74, 6) is 0.988. The second-order valence-corrected chi connectivity index (χ2v) is 11.2. The lowest BCUT2D eigenvalue weighted by Crippen LogP contribution is -2.55. The van der Waals surface area contributed by atoms with Gasteiger partial charge in [-0.15, -0.1) is 0 Å². The fourth-order valence-corrected chi connectivity index (χ4v) is 5.82. The standard InChI is InChI=1S/C27H54N4O4/c1-12-20(6)25(30(9)17-28-27(33)24(18(2)3)29(7)8)22(34-10)16-23(32)31-15-13-14-21(31)26(35-11)19(4)5/h18-22,24-26H,12-17H2,1-11H3,(H,28,33). The number of amides is 2. The number of hydrogen-bond acceptors (Lipinski definition) is 6. The molecule has 0 aromatic heterocycles. The summed E-state index contributed by atoms with van der Waals surface area (Å²) in [5.41, 5.74) is 0. The minimum Gasteiger partial charge on any atom is -0.379 e. The van der Waals surface area contributed by atoms with Crippen LogP contribution in [0.15, 0.2) is 0 Å². The van der Waals surface area contributed by atoms with Crippen LogP contribution in [0.5, 0.6) is 0 Å². The molecule has 1 N–H and O–H groups in total. The molecular formula is C27H54N4O4. The maximum Gasteiger partial charge on any atom is 0.238 e. The van der Waals surface area contributed by atoms with Crippen molar-refractivity contribution in [1.82, 2.24) is 20.0 Å². The summed E-state index contributed by atoms with van der Waals surface area (Å²) in [6, 6.07) is -0.0782. The van der Waals surface area contributed by atoms with E-state index in [2.05, 4.69) is 51.8 Å².